The van der Waals surface area contributed by atoms with Crippen LogP contribution in [0.25, 0.3) is 0 Å². The number of halogens is 1. The number of Topliss-reactive ketones (excluding diaryl/α,β-unsaturated/α-hetero) is 2. The number of ketones is 2. The van der Waals surface area contributed by atoms with E-state index in [0.29, 0.717) is 53.8 Å². The maximum atomic E-state index is 13.4. The summed E-state index contributed by atoms with van der Waals surface area (Å²) in [5.41, 5.74) is 3.33. The van der Waals surface area contributed by atoms with Crippen LogP contribution in [0.4, 0.5) is 0 Å². The van der Waals surface area contributed by atoms with E-state index in [1.54, 1.807) is 30.0 Å². The summed E-state index contributed by atoms with van der Waals surface area (Å²) in [6.45, 7) is 3.37. The van der Waals surface area contributed by atoms with Gasteiger partial charge in [0.2, 0.25) is 5.75 Å². The average molecular weight is 600 g/mol. The summed E-state index contributed by atoms with van der Waals surface area (Å²) in [4.78, 5) is 40.2. The highest BCUT2D eigenvalue weighted by molar-refractivity contribution is 7.87. The van der Waals surface area contributed by atoms with Gasteiger partial charge in [-0.05, 0) is 69.4 Å². The number of carboxylic acid groups (broad SMARTS) is 1. The molecule has 1 heterocycles. The van der Waals surface area contributed by atoms with Gasteiger partial charge in [-0.15, -0.1) is 0 Å². The Labute approximate surface area is 243 Å². The van der Waals surface area contributed by atoms with E-state index in [1.165, 1.54) is 18.2 Å². The standard InChI is InChI=1S/C30H30ClNO8S/c1-3-39-25-15-18(14-20(31)30(25)40-41(37,38)19-12-10-17(2)11-13-19)27-28-21(6-4-8-23(28)33)32(16-26(35)36)22-7-5-9-24(34)29(22)27/h10-15,27H,3-9,16H2,1-2H3,(H,35,36). The van der Waals surface area contributed by atoms with Gasteiger partial charge in [0.05, 0.1) is 11.6 Å². The van der Waals surface area contributed by atoms with Crippen LogP contribution in [0.5, 0.6) is 11.5 Å². The second kappa shape index (κ2) is 11.3. The van der Waals surface area contributed by atoms with Gasteiger partial charge in [0.15, 0.2) is 17.3 Å². The molecule has 9 nitrogen and oxygen atoms in total. The Morgan fingerprint density at radius 2 is 1.59 bits per heavy atom. The van der Waals surface area contributed by atoms with Crippen molar-refractivity contribution >= 4 is 39.3 Å². The summed E-state index contributed by atoms with van der Waals surface area (Å²) in [6, 6.07) is 9.24. The van der Waals surface area contributed by atoms with E-state index in [9.17, 15) is 27.9 Å². The number of hydrogen-bond acceptors (Lipinski definition) is 8. The van der Waals surface area contributed by atoms with Crippen LogP contribution >= 0.6 is 11.6 Å². The molecular weight excluding hydrogens is 570 g/mol. The van der Waals surface area contributed by atoms with Gasteiger partial charge >= 0.3 is 16.1 Å². The van der Waals surface area contributed by atoms with Crippen LogP contribution in [0, 0.1) is 6.92 Å². The van der Waals surface area contributed by atoms with Gasteiger partial charge in [0.25, 0.3) is 0 Å². The van der Waals surface area contributed by atoms with Crippen LogP contribution in [0.1, 0.15) is 62.5 Å². The fourth-order valence-electron chi connectivity index (χ4n) is 5.84. The van der Waals surface area contributed by atoms with Gasteiger partial charge < -0.3 is 18.9 Å². The van der Waals surface area contributed by atoms with Gasteiger partial charge in [0.1, 0.15) is 11.4 Å². The van der Waals surface area contributed by atoms with E-state index < -0.39 is 22.0 Å². The summed E-state index contributed by atoms with van der Waals surface area (Å²) in [7, 11) is -4.26. The van der Waals surface area contributed by atoms with Gasteiger partial charge in [0, 0.05) is 41.3 Å². The van der Waals surface area contributed by atoms with Gasteiger partial charge in [-0.1, -0.05) is 29.3 Å². The SMILES string of the molecule is CCOc1cc(C2C3=C(CCCC3=O)N(CC(=O)O)C3=C2C(=O)CCC3)cc(Cl)c1OS(=O)(=O)c1ccc(C)cc1. The zero-order valence-corrected chi connectivity index (χ0v) is 24.3. The van der Waals surface area contributed by atoms with Crippen molar-refractivity contribution in [1.82, 2.24) is 4.90 Å². The third-order valence-corrected chi connectivity index (χ3v) is 9.06. The minimum absolute atomic E-state index is 0.0504. The van der Waals surface area contributed by atoms with Crippen LogP contribution in [0.2, 0.25) is 5.02 Å². The van der Waals surface area contributed by atoms with Crippen molar-refractivity contribution in [2.45, 2.75) is 63.2 Å². The lowest BCUT2D eigenvalue weighted by molar-refractivity contribution is -0.138. The molecule has 11 heteroatoms. The maximum Gasteiger partial charge on any atom is 0.339 e. The zero-order valence-electron chi connectivity index (χ0n) is 22.7. The number of nitrogens with zero attached hydrogens (tertiary/aromatic N) is 1. The number of carboxylic acids is 1. The number of carbonyl (C=O) groups excluding carboxylic acids is 2. The molecule has 2 aromatic rings. The molecule has 0 bridgehead atoms. The molecular formula is C30H30ClNO8S. The van der Waals surface area contributed by atoms with Crippen molar-refractivity contribution in [2.75, 3.05) is 13.2 Å². The molecule has 0 atom stereocenters. The summed E-state index contributed by atoms with van der Waals surface area (Å²) in [6.07, 6.45) is 2.69. The van der Waals surface area contributed by atoms with Gasteiger partial charge in [-0.25, -0.2) is 0 Å². The molecule has 2 aromatic carbocycles. The van der Waals surface area contributed by atoms with Crippen molar-refractivity contribution in [2.24, 2.45) is 0 Å². The lowest BCUT2D eigenvalue weighted by Crippen LogP contribution is -2.41. The number of benzene rings is 2. The van der Waals surface area contributed by atoms with E-state index in [1.807, 2.05) is 6.92 Å². The summed E-state index contributed by atoms with van der Waals surface area (Å²) < 4.78 is 37.5. The Hall–Kier alpha value is -3.63. The minimum atomic E-state index is -4.26. The first-order chi connectivity index (χ1) is 19.5. The molecule has 0 aromatic heterocycles. The van der Waals surface area contributed by atoms with Crippen molar-refractivity contribution in [1.29, 1.82) is 0 Å². The summed E-state index contributed by atoms with van der Waals surface area (Å²) in [5, 5.41) is 9.59. The van der Waals surface area contributed by atoms with Crippen LogP contribution < -0.4 is 8.92 Å². The number of aryl methyl sites for hydroxylation is 1. The molecule has 41 heavy (non-hydrogen) atoms. The highest BCUT2D eigenvalue weighted by Crippen LogP contribution is 2.51. The highest BCUT2D eigenvalue weighted by Gasteiger charge is 2.44. The number of carbonyl (C=O) groups is 3. The number of allylic oxidation sites excluding steroid dienone is 4. The Kier molecular flexibility index (Phi) is 7.98. The normalized spacial score (nSPS) is 17.9. The Balaban J connectivity index is 1.66. The molecule has 1 aliphatic heterocycles. The topological polar surface area (TPSA) is 127 Å². The highest BCUT2D eigenvalue weighted by atomic mass is 35.5. The quantitative estimate of drug-likeness (QED) is 0.401. The largest absolute Gasteiger partial charge is 0.490 e. The Morgan fingerprint density at radius 1 is 1.00 bits per heavy atom. The molecule has 0 saturated heterocycles. The van der Waals surface area contributed by atoms with Gasteiger partial charge in [-0.3, -0.25) is 14.4 Å². The molecule has 1 N–H and O–H groups in total. The smallest absolute Gasteiger partial charge is 0.339 e. The van der Waals surface area contributed by atoms with E-state index in [4.69, 9.17) is 20.5 Å². The first-order valence-electron chi connectivity index (χ1n) is 13.5. The van der Waals surface area contributed by atoms with Crippen molar-refractivity contribution in [3.63, 3.8) is 0 Å². The first-order valence-corrected chi connectivity index (χ1v) is 15.3. The average Bonchev–Trinajstić information content (AvgIpc) is 2.91. The van der Waals surface area contributed by atoms with Gasteiger partial charge in [-0.2, -0.15) is 8.42 Å². The number of ether oxygens (including phenoxy) is 1. The molecule has 5 rings (SSSR count). The molecule has 216 valence electrons. The van der Waals surface area contributed by atoms with Crippen LogP contribution in [-0.2, 0) is 24.5 Å². The Bertz CT molecular complexity index is 1560. The molecule has 0 unspecified atom stereocenters. The first kappa shape index (κ1) is 28.9. The monoisotopic (exact) mass is 599 g/mol. The fourth-order valence-corrected chi connectivity index (χ4v) is 7.10. The molecule has 3 aliphatic rings. The van der Waals surface area contributed by atoms with E-state index in [2.05, 4.69) is 0 Å². The molecule has 0 spiro atoms. The molecule has 0 saturated carbocycles. The number of aliphatic carboxylic acids is 1. The van der Waals surface area contributed by atoms with Crippen LogP contribution in [0.15, 0.2) is 63.8 Å². The second-order valence-electron chi connectivity index (χ2n) is 10.3. The Morgan fingerprint density at radius 3 is 2.12 bits per heavy atom. The lowest BCUT2D eigenvalue weighted by atomic mass is 9.71. The van der Waals surface area contributed by atoms with Crippen molar-refractivity contribution < 1.29 is 36.8 Å². The molecule has 2 aliphatic carbocycles. The fraction of sp³-hybridized carbons (Fsp3) is 0.367. The summed E-state index contributed by atoms with van der Waals surface area (Å²) in [5.74, 6) is -2.31. The third-order valence-electron chi connectivity index (χ3n) is 7.55. The molecule has 0 amide bonds. The number of hydrogen-bond donors (Lipinski definition) is 1. The van der Waals surface area contributed by atoms with E-state index in [0.717, 1.165) is 5.56 Å². The molecule has 0 radical (unpaired) electrons. The van der Waals surface area contributed by atoms with Crippen LogP contribution in [0.3, 0.4) is 0 Å². The van der Waals surface area contributed by atoms with E-state index in [-0.39, 0.29) is 59.0 Å². The van der Waals surface area contributed by atoms with Crippen molar-refractivity contribution in [3.8, 4) is 11.5 Å². The maximum absolute atomic E-state index is 13.4. The second-order valence-corrected chi connectivity index (χ2v) is 12.3. The lowest BCUT2D eigenvalue weighted by Gasteiger charge is -2.43. The summed E-state index contributed by atoms with van der Waals surface area (Å²) >= 11 is 6.67. The third kappa shape index (κ3) is 5.50. The van der Waals surface area contributed by atoms with Crippen LogP contribution in [-0.4, -0.2) is 49.1 Å². The minimum Gasteiger partial charge on any atom is -0.490 e. The number of rotatable bonds is 8. The molecule has 0 fully saturated rings. The predicted molar refractivity (Wildman–Crippen MR) is 150 cm³/mol. The van der Waals surface area contributed by atoms with Crippen molar-refractivity contribution in [3.05, 3.63) is 75.1 Å². The zero-order chi connectivity index (χ0) is 29.5. The van der Waals surface area contributed by atoms with E-state index >= 15 is 0 Å². The predicted octanol–water partition coefficient (Wildman–Crippen LogP) is 5.31.